The molecular formula is C22H25N7. The molecule has 3 aromatic heterocycles. The number of hydrogen-bond acceptors (Lipinski definition) is 5. The van der Waals surface area contributed by atoms with Crippen molar-refractivity contribution < 1.29 is 0 Å². The van der Waals surface area contributed by atoms with Crippen LogP contribution < -0.4 is 10.6 Å². The Morgan fingerprint density at radius 1 is 1.24 bits per heavy atom. The van der Waals surface area contributed by atoms with E-state index in [0.717, 1.165) is 58.8 Å². The van der Waals surface area contributed by atoms with E-state index in [-0.39, 0.29) is 6.04 Å². The van der Waals surface area contributed by atoms with Gasteiger partial charge in [0.2, 0.25) is 0 Å². The quantitative estimate of drug-likeness (QED) is 0.552. The Bertz CT molecular complexity index is 1180. The molecule has 2 aliphatic heterocycles. The topological polar surface area (TPSA) is 83.5 Å². The van der Waals surface area contributed by atoms with Crippen molar-refractivity contribution in [2.45, 2.75) is 26.3 Å². The molecule has 5 rings (SSSR count). The minimum absolute atomic E-state index is 0.196. The van der Waals surface area contributed by atoms with Gasteiger partial charge in [0.05, 0.1) is 22.8 Å². The Labute approximate surface area is 169 Å². The first-order valence-electron chi connectivity index (χ1n) is 10.0. The van der Waals surface area contributed by atoms with Crippen molar-refractivity contribution >= 4 is 28.6 Å². The highest BCUT2D eigenvalue weighted by atomic mass is 15.3. The number of aryl methyl sites for hydroxylation is 2. The number of nitrogens with one attached hydrogen (secondary N) is 3. The van der Waals surface area contributed by atoms with Crippen molar-refractivity contribution in [3.05, 3.63) is 58.5 Å². The molecule has 29 heavy (non-hydrogen) atoms. The van der Waals surface area contributed by atoms with E-state index >= 15 is 0 Å². The van der Waals surface area contributed by atoms with Crippen LogP contribution in [0.5, 0.6) is 0 Å². The lowest BCUT2D eigenvalue weighted by atomic mass is 9.94. The number of pyridine rings is 1. The highest BCUT2D eigenvalue weighted by Gasteiger charge is 2.21. The third-order valence-electron chi connectivity index (χ3n) is 5.66. The van der Waals surface area contributed by atoms with E-state index in [0.29, 0.717) is 0 Å². The molecule has 0 radical (unpaired) electrons. The van der Waals surface area contributed by atoms with Gasteiger partial charge in [0, 0.05) is 61.5 Å². The van der Waals surface area contributed by atoms with Gasteiger partial charge in [-0.3, -0.25) is 14.8 Å². The lowest BCUT2D eigenvalue weighted by molar-refractivity contribution is 0.605. The van der Waals surface area contributed by atoms with Crippen LogP contribution >= 0.6 is 0 Å². The van der Waals surface area contributed by atoms with Gasteiger partial charge in [-0.25, -0.2) is 0 Å². The van der Waals surface area contributed by atoms with Crippen molar-refractivity contribution in [1.82, 2.24) is 35.6 Å². The predicted octanol–water partition coefficient (Wildman–Crippen LogP) is 2.57. The molecule has 7 nitrogen and oxygen atoms in total. The number of H-pyrrole nitrogens is 1. The number of aromatic amines is 1. The summed E-state index contributed by atoms with van der Waals surface area (Å²) in [5.41, 5.74) is 8.46. The number of hydrogen-bond donors (Lipinski definition) is 3. The van der Waals surface area contributed by atoms with Crippen molar-refractivity contribution in [2.24, 2.45) is 7.05 Å². The maximum absolute atomic E-state index is 4.88. The van der Waals surface area contributed by atoms with Gasteiger partial charge in [0.1, 0.15) is 5.52 Å². The average Bonchev–Trinajstić information content (AvgIpc) is 3.29. The van der Waals surface area contributed by atoms with Gasteiger partial charge in [-0.15, -0.1) is 0 Å². The van der Waals surface area contributed by atoms with E-state index in [9.17, 15) is 0 Å². The van der Waals surface area contributed by atoms with E-state index in [2.05, 4.69) is 69.5 Å². The monoisotopic (exact) mass is 387 g/mol. The van der Waals surface area contributed by atoms with Crippen LogP contribution in [0.4, 0.5) is 0 Å². The number of aromatic nitrogens is 5. The van der Waals surface area contributed by atoms with E-state index in [4.69, 9.17) is 4.98 Å². The lowest BCUT2D eigenvalue weighted by Crippen LogP contribution is -2.32. The molecule has 7 heteroatoms. The Balaban J connectivity index is 1.70. The molecule has 3 aromatic rings. The second-order valence-corrected chi connectivity index (χ2v) is 7.72. The third kappa shape index (κ3) is 3.17. The maximum Gasteiger partial charge on any atom is 0.114 e. The fourth-order valence-corrected chi connectivity index (χ4v) is 4.17. The molecular weight excluding hydrogens is 362 g/mol. The van der Waals surface area contributed by atoms with Crippen LogP contribution in [0.15, 0.2) is 30.1 Å². The lowest BCUT2D eigenvalue weighted by Gasteiger charge is -2.24. The standard InChI is InChI=1S/C22H25N7/c1-13-18-11-23-8-6-16(18)21-10-17-20(26-27-22(17)14(2)25-21)5-4-15-12-29(3)28-19(15)7-9-24-13/h4-6,10-13,23-24H,7-9H2,1-3H3,(H,26,27)/b5-4+/t13-/m1/s1. The first-order chi connectivity index (χ1) is 14.1. The van der Waals surface area contributed by atoms with Gasteiger partial charge in [0.25, 0.3) is 0 Å². The Morgan fingerprint density at radius 2 is 2.14 bits per heavy atom. The van der Waals surface area contributed by atoms with Gasteiger partial charge in [0.15, 0.2) is 0 Å². The SMILES string of the molecule is Cc1nc2cc3c([nH]nc13)/C=C/c1cn(C)nc1CCN[C@H](C)C1=CNCC=C12. The van der Waals surface area contributed by atoms with Crippen molar-refractivity contribution in [3.63, 3.8) is 0 Å². The van der Waals surface area contributed by atoms with Gasteiger partial charge >= 0.3 is 0 Å². The van der Waals surface area contributed by atoms with Crippen LogP contribution in [0.3, 0.4) is 0 Å². The zero-order valence-electron chi connectivity index (χ0n) is 17.0. The molecule has 0 aromatic carbocycles. The number of rotatable bonds is 0. The zero-order valence-corrected chi connectivity index (χ0v) is 17.0. The third-order valence-corrected chi connectivity index (χ3v) is 5.66. The summed E-state index contributed by atoms with van der Waals surface area (Å²) in [5, 5.41) is 20.4. The van der Waals surface area contributed by atoms with Crippen LogP contribution in [0, 0.1) is 6.92 Å². The number of nitrogens with zero attached hydrogens (tertiary/aromatic N) is 4. The summed E-state index contributed by atoms with van der Waals surface area (Å²) < 4.78 is 1.88. The zero-order chi connectivity index (χ0) is 20.0. The van der Waals surface area contributed by atoms with Gasteiger partial charge < -0.3 is 10.6 Å². The summed E-state index contributed by atoms with van der Waals surface area (Å²) in [7, 11) is 1.97. The summed E-state index contributed by atoms with van der Waals surface area (Å²) in [6, 6.07) is 2.35. The highest BCUT2D eigenvalue weighted by Crippen LogP contribution is 2.30. The maximum atomic E-state index is 4.88. The van der Waals surface area contributed by atoms with E-state index in [1.54, 1.807) is 0 Å². The molecule has 3 N–H and O–H groups in total. The Kier molecular flexibility index (Phi) is 4.32. The van der Waals surface area contributed by atoms with Crippen molar-refractivity contribution in [2.75, 3.05) is 13.1 Å². The number of fused-ring (bicyclic) bond motifs is 4. The van der Waals surface area contributed by atoms with Crippen LogP contribution in [0.1, 0.15) is 35.3 Å². The predicted molar refractivity (Wildman–Crippen MR) is 116 cm³/mol. The van der Waals surface area contributed by atoms with Crippen LogP contribution in [-0.2, 0) is 13.5 Å². The highest BCUT2D eigenvalue weighted by molar-refractivity contribution is 5.93. The van der Waals surface area contributed by atoms with Gasteiger partial charge in [-0.05, 0) is 37.6 Å². The van der Waals surface area contributed by atoms with Crippen molar-refractivity contribution in [3.8, 4) is 0 Å². The number of dihydropyridines is 1. The van der Waals surface area contributed by atoms with E-state index < -0.39 is 0 Å². The first kappa shape index (κ1) is 17.9. The largest absolute Gasteiger partial charge is 0.387 e. The summed E-state index contributed by atoms with van der Waals surface area (Å²) in [6.45, 7) is 5.88. The summed E-state index contributed by atoms with van der Waals surface area (Å²) in [6.07, 6.45) is 11.5. The first-order valence-corrected chi connectivity index (χ1v) is 10.0. The van der Waals surface area contributed by atoms with Gasteiger partial charge in [-0.1, -0.05) is 6.08 Å². The second-order valence-electron chi connectivity index (χ2n) is 7.72. The molecule has 0 spiro atoms. The van der Waals surface area contributed by atoms with E-state index in [1.807, 2.05) is 18.7 Å². The molecule has 5 heterocycles. The molecule has 148 valence electrons. The molecule has 1 atom stereocenters. The molecule has 0 aliphatic carbocycles. The smallest absolute Gasteiger partial charge is 0.114 e. The van der Waals surface area contributed by atoms with Crippen molar-refractivity contribution in [1.29, 1.82) is 0 Å². The molecule has 2 bridgehead atoms. The second kappa shape index (κ2) is 7.00. The minimum Gasteiger partial charge on any atom is -0.387 e. The average molecular weight is 387 g/mol. The van der Waals surface area contributed by atoms with Crippen LogP contribution in [-0.4, -0.2) is 44.1 Å². The Morgan fingerprint density at radius 3 is 3.03 bits per heavy atom. The molecule has 2 aliphatic rings. The van der Waals surface area contributed by atoms with Gasteiger partial charge in [-0.2, -0.15) is 10.2 Å². The summed E-state index contributed by atoms with van der Waals surface area (Å²) >= 11 is 0. The minimum atomic E-state index is 0.196. The van der Waals surface area contributed by atoms with Crippen LogP contribution in [0.25, 0.3) is 28.6 Å². The molecule has 0 unspecified atom stereocenters. The normalized spacial score (nSPS) is 20.3. The molecule has 0 saturated heterocycles. The van der Waals surface area contributed by atoms with Crippen LogP contribution in [0.2, 0.25) is 0 Å². The Hall–Kier alpha value is -3.19. The molecule has 0 fully saturated rings. The fraction of sp³-hybridized carbons (Fsp3) is 0.318. The molecule has 0 amide bonds. The summed E-state index contributed by atoms with van der Waals surface area (Å²) in [5.74, 6) is 0. The van der Waals surface area contributed by atoms with E-state index in [1.165, 1.54) is 11.1 Å². The molecule has 0 saturated carbocycles. The summed E-state index contributed by atoms with van der Waals surface area (Å²) in [4.78, 5) is 4.88. The fourth-order valence-electron chi connectivity index (χ4n) is 4.17.